The molecule has 0 fully saturated rings. The molecule has 0 aliphatic rings. The van der Waals surface area contributed by atoms with Crippen molar-refractivity contribution in [1.29, 1.82) is 0 Å². The minimum absolute atomic E-state index is 0.647. The van der Waals surface area contributed by atoms with Crippen LogP contribution >= 0.6 is 0 Å². The van der Waals surface area contributed by atoms with Gasteiger partial charge in [-0.1, -0.05) is 0 Å². The molecule has 64 valence electrons. The van der Waals surface area contributed by atoms with Gasteiger partial charge >= 0.3 is 66.5 Å². The van der Waals surface area contributed by atoms with Crippen LogP contribution in [0.25, 0.3) is 0 Å². The van der Waals surface area contributed by atoms with Crippen molar-refractivity contribution in [3.05, 3.63) is 30.3 Å². The zero-order valence-corrected chi connectivity index (χ0v) is 7.25. The van der Waals surface area contributed by atoms with Crippen molar-refractivity contribution < 1.29 is 12.7 Å². The molecule has 4 nitrogen and oxygen atoms in total. The van der Waals surface area contributed by atoms with Gasteiger partial charge in [0.2, 0.25) is 0 Å². The summed E-state index contributed by atoms with van der Waals surface area (Å²) in [5, 5.41) is 0. The van der Waals surface area contributed by atoms with E-state index in [-0.39, 0.29) is 0 Å². The van der Waals surface area contributed by atoms with Crippen LogP contribution in [-0.4, -0.2) is 0 Å². The van der Waals surface area contributed by atoms with E-state index in [1.165, 1.54) is 0 Å². The summed E-state index contributed by atoms with van der Waals surface area (Å²) in [5.41, 5.74) is 0. The van der Waals surface area contributed by atoms with Crippen molar-refractivity contribution in [3.63, 3.8) is 0 Å². The van der Waals surface area contributed by atoms with Crippen LogP contribution in [0.3, 0.4) is 0 Å². The van der Waals surface area contributed by atoms with Gasteiger partial charge < -0.3 is 0 Å². The molecule has 11 heavy (non-hydrogen) atoms. The van der Waals surface area contributed by atoms with Gasteiger partial charge in [0.05, 0.1) is 0 Å². The Morgan fingerprint density at radius 3 is 1.55 bits per heavy atom. The van der Waals surface area contributed by atoms with Gasteiger partial charge in [-0.05, 0) is 0 Å². The van der Waals surface area contributed by atoms with Crippen LogP contribution in [0.1, 0.15) is 0 Å². The molecule has 0 saturated heterocycles. The number of nitrogens with two attached hydrogens (primary N) is 4. The Labute approximate surface area is 67.0 Å². The molecule has 0 amide bonds. The fourth-order valence-corrected chi connectivity index (χ4v) is 1.84. The molecule has 0 spiro atoms. The van der Waals surface area contributed by atoms with Crippen molar-refractivity contribution in [2.45, 2.75) is 0 Å². The Morgan fingerprint density at radius 1 is 0.818 bits per heavy atom. The third-order valence-electron chi connectivity index (χ3n) is 1.24. The van der Waals surface area contributed by atoms with Crippen molar-refractivity contribution in [3.8, 4) is 0 Å². The number of rotatable bonds is 1. The van der Waals surface area contributed by atoms with Gasteiger partial charge in [-0.25, -0.2) is 0 Å². The second-order valence-electron chi connectivity index (χ2n) is 2.49. The van der Waals surface area contributed by atoms with Gasteiger partial charge in [0.1, 0.15) is 0 Å². The Morgan fingerprint density at radius 2 is 1.27 bits per heavy atom. The Balaban J connectivity index is 3.14. The van der Waals surface area contributed by atoms with Gasteiger partial charge in [-0.3, -0.25) is 0 Å². The molecule has 0 unspecified atom stereocenters. The molecule has 0 aliphatic carbocycles. The minimum atomic E-state index is -3.74. The van der Waals surface area contributed by atoms with E-state index in [1.54, 1.807) is 12.1 Å². The van der Waals surface area contributed by atoms with Crippen LogP contribution in [-0.2, 0) is 12.7 Å². The first-order valence-electron chi connectivity index (χ1n) is 2.97. The SMILES string of the molecule is [NH2][Mn]([NH2])([NH2])([NH2])[c]1ccccc1. The van der Waals surface area contributed by atoms with E-state index >= 15 is 0 Å². The van der Waals surface area contributed by atoms with E-state index in [0.717, 1.165) is 0 Å². The molecule has 0 aliphatic heterocycles. The Kier molecular flexibility index (Phi) is 1.80. The van der Waals surface area contributed by atoms with Gasteiger partial charge in [-0.2, -0.15) is 0 Å². The van der Waals surface area contributed by atoms with Gasteiger partial charge in [0.25, 0.3) is 0 Å². The molecule has 0 bridgehead atoms. The van der Waals surface area contributed by atoms with E-state index in [1.807, 2.05) is 18.2 Å². The summed E-state index contributed by atoms with van der Waals surface area (Å²) in [7, 11) is 0. The molecule has 0 aromatic heterocycles. The van der Waals surface area contributed by atoms with Crippen molar-refractivity contribution in [2.24, 2.45) is 19.0 Å². The van der Waals surface area contributed by atoms with Crippen LogP contribution in [0, 0.1) is 0 Å². The van der Waals surface area contributed by atoms with Crippen molar-refractivity contribution in [2.75, 3.05) is 0 Å². The van der Waals surface area contributed by atoms with E-state index in [9.17, 15) is 0 Å². The summed E-state index contributed by atoms with van der Waals surface area (Å²) in [6, 6.07) is 8.96. The first-order chi connectivity index (χ1) is 4.86. The zero-order chi connectivity index (χ0) is 8.56. The van der Waals surface area contributed by atoms with Crippen LogP contribution in [0.5, 0.6) is 0 Å². The van der Waals surface area contributed by atoms with Gasteiger partial charge in [0.15, 0.2) is 0 Å². The van der Waals surface area contributed by atoms with Crippen LogP contribution in [0.2, 0.25) is 0 Å². The average molecular weight is 196 g/mol. The number of benzene rings is 1. The fraction of sp³-hybridized carbons (Fsp3) is 0. The maximum absolute atomic E-state index is 5.59. The van der Waals surface area contributed by atoms with Crippen molar-refractivity contribution >= 4 is 4.46 Å². The summed E-state index contributed by atoms with van der Waals surface area (Å²) in [4.78, 5) is 0. The third kappa shape index (κ3) is 2.27. The monoisotopic (exact) mass is 196 g/mol. The summed E-state index contributed by atoms with van der Waals surface area (Å²) in [6.45, 7) is 0. The van der Waals surface area contributed by atoms with Crippen LogP contribution in [0.15, 0.2) is 30.3 Å². The van der Waals surface area contributed by atoms with E-state index < -0.39 is 12.7 Å². The summed E-state index contributed by atoms with van der Waals surface area (Å²) < 4.78 is 23.0. The molecule has 5 heteroatoms. The van der Waals surface area contributed by atoms with E-state index in [4.69, 9.17) is 19.0 Å². The molecule has 1 rings (SSSR count). The molecule has 0 atom stereocenters. The standard InChI is InChI=1S/C6H5.Mn.4H2N/c1-2-4-6-5-3-1;;;;;/h1-5H;;4*1H2/q;+4;4*-1. The van der Waals surface area contributed by atoms with E-state index in [2.05, 4.69) is 0 Å². The predicted octanol–water partition coefficient (Wildman–Crippen LogP) is -1.50. The molecule has 0 heterocycles. The average Bonchev–Trinajstić information content (AvgIpc) is 1.86. The van der Waals surface area contributed by atoms with Crippen LogP contribution < -0.4 is 23.5 Å². The quantitative estimate of drug-likeness (QED) is 0.410. The van der Waals surface area contributed by atoms with Crippen LogP contribution in [0.4, 0.5) is 0 Å². The predicted molar refractivity (Wildman–Crippen MR) is 42.8 cm³/mol. The van der Waals surface area contributed by atoms with E-state index in [0.29, 0.717) is 4.46 Å². The van der Waals surface area contributed by atoms with Crippen molar-refractivity contribution in [1.82, 2.24) is 0 Å². The molecule has 0 radical (unpaired) electrons. The number of hydrogen-bond acceptors (Lipinski definition) is 4. The molecule has 1 aromatic rings. The first-order valence-corrected chi connectivity index (χ1v) is 6.29. The topological polar surface area (TPSA) is 104 Å². The third-order valence-corrected chi connectivity index (χ3v) is 3.20. The fourth-order valence-electron chi connectivity index (χ4n) is 0.706. The summed E-state index contributed by atoms with van der Waals surface area (Å²) in [6.07, 6.45) is 0. The molecule has 0 saturated carbocycles. The molecular formula is C6H13MnN4. The van der Waals surface area contributed by atoms with Gasteiger partial charge in [-0.15, -0.1) is 0 Å². The summed E-state index contributed by atoms with van der Waals surface area (Å²) >= 11 is -3.74. The molecule has 1 aromatic carbocycles. The normalized spacial score (nSPS) is 15.5. The second kappa shape index (κ2) is 2.28. The second-order valence-corrected chi connectivity index (χ2v) is 6.89. The molecule has 8 N–H and O–H groups in total. The maximum atomic E-state index is 5.59. The van der Waals surface area contributed by atoms with Gasteiger partial charge in [0, 0.05) is 0 Å². The Bertz CT molecular complexity index is 241. The summed E-state index contributed by atoms with van der Waals surface area (Å²) in [5.74, 6) is 0. The number of hydrogen-bond donors (Lipinski definition) is 4. The first kappa shape index (κ1) is 8.67. The zero-order valence-electron chi connectivity index (χ0n) is 6.07. The Hall–Kier alpha value is -0.421. The molecular weight excluding hydrogens is 183 g/mol.